The van der Waals surface area contributed by atoms with E-state index in [2.05, 4.69) is 77.9 Å². The Labute approximate surface area is 224 Å². The van der Waals surface area contributed by atoms with Crippen LogP contribution in [0.1, 0.15) is 52.7 Å². The quantitative estimate of drug-likeness (QED) is 0.256. The molecule has 36 heavy (non-hydrogen) atoms. The third-order valence-electron chi connectivity index (χ3n) is 6.26. The van der Waals surface area contributed by atoms with Gasteiger partial charge in [0.1, 0.15) is 11.5 Å². The maximum absolute atomic E-state index is 11.7. The summed E-state index contributed by atoms with van der Waals surface area (Å²) >= 11 is 3.80. The highest BCUT2D eigenvalue weighted by Crippen LogP contribution is 2.48. The zero-order valence-corrected chi connectivity index (χ0v) is 23.9. The number of hydrogen-bond acceptors (Lipinski definition) is 4. The van der Waals surface area contributed by atoms with E-state index in [0.717, 1.165) is 68.1 Å². The van der Waals surface area contributed by atoms with Crippen LogP contribution in [-0.2, 0) is 12.8 Å². The van der Waals surface area contributed by atoms with Crippen molar-refractivity contribution >= 4 is 45.1 Å². The van der Waals surface area contributed by atoms with E-state index in [4.69, 9.17) is 0 Å². The molecule has 0 unspecified atom stereocenters. The first kappa shape index (κ1) is 26.8. The van der Waals surface area contributed by atoms with Crippen LogP contribution in [0.2, 0.25) is 0 Å². The Morgan fingerprint density at radius 2 is 0.944 bits per heavy atom. The van der Waals surface area contributed by atoms with Crippen LogP contribution in [0, 0.1) is 0 Å². The van der Waals surface area contributed by atoms with Gasteiger partial charge in [-0.1, -0.05) is 90.1 Å². The number of aromatic hydroxyl groups is 2. The summed E-state index contributed by atoms with van der Waals surface area (Å²) in [7, 11) is 0. The number of fused-ring (bicyclic) bond motifs is 2. The Bertz CT molecular complexity index is 1270. The molecule has 0 aliphatic heterocycles. The van der Waals surface area contributed by atoms with Crippen LogP contribution in [0.25, 0.3) is 32.7 Å². The summed E-state index contributed by atoms with van der Waals surface area (Å²) in [5.41, 5.74) is 3.33. The molecule has 0 amide bonds. The van der Waals surface area contributed by atoms with E-state index < -0.39 is 0 Å². The van der Waals surface area contributed by atoms with Crippen molar-refractivity contribution in [3.8, 4) is 22.6 Å². The predicted octanol–water partition coefficient (Wildman–Crippen LogP) is 9.22. The highest BCUT2D eigenvalue weighted by Gasteiger charge is 2.22. The van der Waals surface area contributed by atoms with Crippen molar-refractivity contribution < 1.29 is 10.2 Å². The van der Waals surface area contributed by atoms with Gasteiger partial charge in [0, 0.05) is 20.6 Å². The summed E-state index contributed by atoms with van der Waals surface area (Å²) in [5.74, 6) is 2.41. The lowest BCUT2D eigenvalue weighted by Gasteiger charge is -2.21. The maximum atomic E-state index is 11.7. The van der Waals surface area contributed by atoms with Crippen molar-refractivity contribution in [2.45, 2.75) is 63.9 Å². The van der Waals surface area contributed by atoms with Crippen molar-refractivity contribution in [2.24, 2.45) is 0 Å². The monoisotopic (exact) mass is 518 g/mol. The highest BCUT2D eigenvalue weighted by molar-refractivity contribution is 8.00. The number of rotatable bonds is 7. The van der Waals surface area contributed by atoms with Crippen molar-refractivity contribution in [3.63, 3.8) is 0 Å². The molecule has 0 atom stereocenters. The van der Waals surface area contributed by atoms with Crippen LogP contribution in [0.15, 0.2) is 60.7 Å². The van der Waals surface area contributed by atoms with Gasteiger partial charge in [-0.2, -0.15) is 23.5 Å². The molecule has 0 radical (unpaired) electrons. The van der Waals surface area contributed by atoms with Gasteiger partial charge in [0.05, 0.1) is 0 Å². The maximum Gasteiger partial charge on any atom is 0.127 e. The van der Waals surface area contributed by atoms with E-state index in [9.17, 15) is 10.2 Å². The Kier molecular flexibility index (Phi) is 7.87. The molecule has 0 spiro atoms. The van der Waals surface area contributed by atoms with Gasteiger partial charge >= 0.3 is 0 Å². The van der Waals surface area contributed by atoms with E-state index in [1.807, 2.05) is 47.8 Å². The summed E-state index contributed by atoms with van der Waals surface area (Å²) in [6.45, 7) is 13.3. The lowest BCUT2D eigenvalue weighted by Crippen LogP contribution is -2.09. The summed E-state index contributed by atoms with van der Waals surface area (Å²) in [5, 5.41) is 27.5. The SMILES string of the molecule is CC(C)(C)SCCc1cc2ccccc2c(-c2c(O)c(CCSC(C)(C)C)cc3ccccc23)c1O. The summed E-state index contributed by atoms with van der Waals surface area (Å²) in [4.78, 5) is 0. The zero-order chi connectivity index (χ0) is 26.1. The van der Waals surface area contributed by atoms with Gasteiger partial charge in [0.25, 0.3) is 0 Å². The van der Waals surface area contributed by atoms with E-state index in [0.29, 0.717) is 0 Å². The third kappa shape index (κ3) is 6.15. The standard InChI is InChI=1S/C32H38O2S2/c1-31(2,3)35-17-15-23-19-21-11-7-9-13-25(21)27(29(23)33)28-26-14-10-8-12-22(26)20-24(30(28)34)16-18-36-32(4,5)6/h7-14,19-20,33-34H,15-18H2,1-6H3. The first-order valence-corrected chi connectivity index (χ1v) is 14.7. The third-order valence-corrected chi connectivity index (χ3v) is 8.81. The molecule has 0 aliphatic carbocycles. The largest absolute Gasteiger partial charge is 0.507 e. The first-order chi connectivity index (χ1) is 16.9. The summed E-state index contributed by atoms with van der Waals surface area (Å²) in [6.07, 6.45) is 1.54. The molecule has 0 aromatic heterocycles. The number of aryl methyl sites for hydroxylation is 2. The van der Waals surface area contributed by atoms with Crippen molar-refractivity contribution in [1.82, 2.24) is 0 Å². The molecule has 190 valence electrons. The number of thioether (sulfide) groups is 2. The van der Waals surface area contributed by atoms with Crippen LogP contribution in [-0.4, -0.2) is 31.2 Å². The van der Waals surface area contributed by atoms with Gasteiger partial charge in [0.15, 0.2) is 0 Å². The summed E-state index contributed by atoms with van der Waals surface area (Å²) in [6, 6.07) is 20.6. The van der Waals surface area contributed by atoms with E-state index in [1.54, 1.807) is 0 Å². The van der Waals surface area contributed by atoms with Crippen molar-refractivity contribution in [1.29, 1.82) is 0 Å². The van der Waals surface area contributed by atoms with Crippen LogP contribution >= 0.6 is 23.5 Å². The predicted molar refractivity (Wildman–Crippen MR) is 162 cm³/mol. The normalized spacial score (nSPS) is 12.5. The second-order valence-electron chi connectivity index (χ2n) is 11.4. The fourth-order valence-electron chi connectivity index (χ4n) is 4.61. The molecule has 4 aromatic rings. The molecule has 0 saturated carbocycles. The number of phenols is 2. The zero-order valence-electron chi connectivity index (χ0n) is 22.3. The average Bonchev–Trinajstić information content (AvgIpc) is 2.79. The highest BCUT2D eigenvalue weighted by atomic mass is 32.2. The van der Waals surface area contributed by atoms with Crippen molar-refractivity contribution in [3.05, 3.63) is 71.8 Å². The molecule has 4 aromatic carbocycles. The van der Waals surface area contributed by atoms with Crippen LogP contribution < -0.4 is 0 Å². The molecule has 4 rings (SSSR count). The number of benzene rings is 4. The Balaban J connectivity index is 1.90. The molecular formula is C32H38O2S2. The molecule has 0 saturated heterocycles. The van der Waals surface area contributed by atoms with Gasteiger partial charge in [-0.15, -0.1) is 0 Å². The Morgan fingerprint density at radius 1 is 0.583 bits per heavy atom. The van der Waals surface area contributed by atoms with Gasteiger partial charge in [0.2, 0.25) is 0 Å². The number of phenolic OH excluding ortho intramolecular Hbond substituents is 2. The molecule has 0 bridgehead atoms. The number of hydrogen-bond donors (Lipinski definition) is 2. The van der Waals surface area contributed by atoms with Crippen molar-refractivity contribution in [2.75, 3.05) is 11.5 Å². The van der Waals surface area contributed by atoms with E-state index in [1.165, 1.54) is 0 Å². The second-order valence-corrected chi connectivity index (χ2v) is 15.2. The van der Waals surface area contributed by atoms with Gasteiger partial charge < -0.3 is 10.2 Å². The lowest BCUT2D eigenvalue weighted by atomic mass is 9.88. The molecule has 0 heterocycles. The fraction of sp³-hybridized carbons (Fsp3) is 0.375. The van der Waals surface area contributed by atoms with Crippen LogP contribution in [0.4, 0.5) is 0 Å². The fourth-order valence-corrected chi connectivity index (χ4v) is 6.48. The minimum atomic E-state index is 0.170. The van der Waals surface area contributed by atoms with Gasteiger partial charge in [-0.25, -0.2) is 0 Å². The molecule has 2 N–H and O–H groups in total. The van der Waals surface area contributed by atoms with Crippen LogP contribution in [0.3, 0.4) is 0 Å². The Morgan fingerprint density at radius 3 is 1.31 bits per heavy atom. The molecule has 2 nitrogen and oxygen atoms in total. The smallest absolute Gasteiger partial charge is 0.127 e. The summed E-state index contributed by atoms with van der Waals surface area (Å²) < 4.78 is 0.340. The minimum absolute atomic E-state index is 0.170. The van der Waals surface area contributed by atoms with Crippen LogP contribution in [0.5, 0.6) is 11.5 Å². The van der Waals surface area contributed by atoms with E-state index in [-0.39, 0.29) is 21.0 Å². The van der Waals surface area contributed by atoms with Gasteiger partial charge in [-0.3, -0.25) is 0 Å². The molecule has 0 fully saturated rings. The lowest BCUT2D eigenvalue weighted by molar-refractivity contribution is 0.464. The Hall–Kier alpha value is -2.30. The topological polar surface area (TPSA) is 40.5 Å². The second kappa shape index (κ2) is 10.6. The molecular weight excluding hydrogens is 480 g/mol. The van der Waals surface area contributed by atoms with E-state index >= 15 is 0 Å². The first-order valence-electron chi connectivity index (χ1n) is 12.7. The molecule has 4 heteroatoms. The minimum Gasteiger partial charge on any atom is -0.507 e. The average molecular weight is 519 g/mol. The molecule has 0 aliphatic rings. The van der Waals surface area contributed by atoms with Gasteiger partial charge in [-0.05, 0) is 69.2 Å².